The normalized spacial score (nSPS) is 17.3. The molecule has 1 aliphatic heterocycles. The molecule has 1 fully saturated rings. The fourth-order valence-corrected chi connectivity index (χ4v) is 2.33. The number of benzene rings is 1. The number of nitrogens with zero attached hydrogens (tertiary/aromatic N) is 1. The molecule has 0 spiro atoms. The van der Waals surface area contributed by atoms with E-state index in [0.717, 1.165) is 17.0 Å². The van der Waals surface area contributed by atoms with Gasteiger partial charge in [0.25, 0.3) is 0 Å². The highest BCUT2D eigenvalue weighted by Crippen LogP contribution is 2.38. The SMILES string of the molecule is C#Cc1cc(F)c(NC(=O)N2CCC(O)(C(F)(F)F)CC2)c(F)c1. The molecule has 2 N–H and O–H groups in total. The van der Waals surface area contributed by atoms with Crippen molar-refractivity contribution in [3.05, 3.63) is 29.3 Å². The van der Waals surface area contributed by atoms with Crippen molar-refractivity contribution in [1.82, 2.24) is 4.90 Å². The number of rotatable bonds is 1. The number of amides is 2. The standard InChI is InChI=1S/C15H13F5N2O2/c1-2-9-7-10(16)12(11(17)8-9)21-13(23)22-5-3-14(24,4-6-22)15(18,19)20/h1,7-8,24H,3-6H2,(H,21,23). The van der Waals surface area contributed by atoms with E-state index in [4.69, 9.17) is 6.42 Å². The van der Waals surface area contributed by atoms with Crippen molar-refractivity contribution in [2.24, 2.45) is 0 Å². The third-order valence-electron chi connectivity index (χ3n) is 3.85. The monoisotopic (exact) mass is 348 g/mol. The van der Waals surface area contributed by atoms with Gasteiger partial charge in [-0.1, -0.05) is 5.92 Å². The molecule has 2 rings (SSSR count). The molecule has 1 aromatic rings. The molecule has 1 heterocycles. The summed E-state index contributed by atoms with van der Waals surface area (Å²) in [6.07, 6.45) is -1.22. The van der Waals surface area contributed by atoms with Crippen molar-refractivity contribution in [2.45, 2.75) is 24.6 Å². The van der Waals surface area contributed by atoms with Gasteiger partial charge in [-0.3, -0.25) is 0 Å². The second-order valence-corrected chi connectivity index (χ2v) is 5.41. The van der Waals surface area contributed by atoms with Crippen molar-refractivity contribution in [2.75, 3.05) is 18.4 Å². The van der Waals surface area contributed by atoms with Crippen LogP contribution in [0.25, 0.3) is 0 Å². The first kappa shape index (κ1) is 18.0. The Hall–Kier alpha value is -2.34. The fraction of sp³-hybridized carbons (Fsp3) is 0.400. The van der Waals surface area contributed by atoms with Crippen molar-refractivity contribution in [1.29, 1.82) is 0 Å². The van der Waals surface area contributed by atoms with Gasteiger partial charge in [0.05, 0.1) is 0 Å². The second kappa shape index (κ2) is 6.28. The maximum atomic E-state index is 13.7. The van der Waals surface area contributed by atoms with Crippen LogP contribution < -0.4 is 5.32 Å². The Morgan fingerprint density at radius 1 is 1.25 bits per heavy atom. The number of urea groups is 1. The van der Waals surface area contributed by atoms with E-state index in [2.05, 4.69) is 0 Å². The van der Waals surface area contributed by atoms with Crippen LogP contribution in [0, 0.1) is 24.0 Å². The number of anilines is 1. The molecule has 0 saturated carbocycles. The molecule has 0 radical (unpaired) electrons. The molecular weight excluding hydrogens is 335 g/mol. The van der Waals surface area contributed by atoms with Gasteiger partial charge in [-0.05, 0) is 12.1 Å². The third kappa shape index (κ3) is 3.43. The maximum Gasteiger partial charge on any atom is 0.417 e. The lowest BCUT2D eigenvalue weighted by Gasteiger charge is -2.39. The zero-order chi connectivity index (χ0) is 18.1. The summed E-state index contributed by atoms with van der Waals surface area (Å²) in [6.45, 7) is -0.818. The summed E-state index contributed by atoms with van der Waals surface area (Å²) in [5.74, 6) is -0.156. The molecule has 0 aromatic heterocycles. The van der Waals surface area contributed by atoms with Crippen LogP contribution in [-0.4, -0.2) is 40.9 Å². The minimum absolute atomic E-state index is 0.0591. The van der Waals surface area contributed by atoms with E-state index in [0.29, 0.717) is 0 Å². The summed E-state index contributed by atoms with van der Waals surface area (Å²) in [5.41, 5.74) is -3.67. The lowest BCUT2D eigenvalue weighted by Crippen LogP contribution is -2.55. The summed E-state index contributed by atoms with van der Waals surface area (Å²) in [7, 11) is 0. The first-order valence-electron chi connectivity index (χ1n) is 6.88. The van der Waals surface area contributed by atoms with E-state index < -0.39 is 61.1 Å². The number of aliphatic hydroxyl groups is 1. The van der Waals surface area contributed by atoms with Crippen LogP contribution >= 0.6 is 0 Å². The van der Waals surface area contributed by atoms with Gasteiger partial charge >= 0.3 is 12.2 Å². The van der Waals surface area contributed by atoms with E-state index >= 15 is 0 Å². The highest BCUT2D eigenvalue weighted by atomic mass is 19.4. The minimum atomic E-state index is -4.81. The summed E-state index contributed by atoms with van der Waals surface area (Å²) in [5, 5.41) is 11.5. The maximum absolute atomic E-state index is 13.7. The second-order valence-electron chi connectivity index (χ2n) is 5.41. The van der Waals surface area contributed by atoms with Gasteiger partial charge in [0.15, 0.2) is 17.2 Å². The minimum Gasteiger partial charge on any atom is -0.380 e. The van der Waals surface area contributed by atoms with Crippen LogP contribution in [-0.2, 0) is 0 Å². The van der Waals surface area contributed by atoms with Crippen molar-refractivity contribution in [3.63, 3.8) is 0 Å². The Balaban J connectivity index is 2.07. The topological polar surface area (TPSA) is 52.6 Å². The number of alkyl halides is 3. The average molecular weight is 348 g/mol. The van der Waals surface area contributed by atoms with Crippen LogP contribution in [0.15, 0.2) is 12.1 Å². The molecule has 1 saturated heterocycles. The molecule has 0 unspecified atom stereocenters. The third-order valence-corrected chi connectivity index (χ3v) is 3.85. The van der Waals surface area contributed by atoms with Gasteiger partial charge in [0.1, 0.15) is 5.69 Å². The van der Waals surface area contributed by atoms with Gasteiger partial charge < -0.3 is 15.3 Å². The predicted octanol–water partition coefficient (Wildman–Crippen LogP) is 2.87. The molecule has 0 atom stereocenters. The predicted molar refractivity (Wildman–Crippen MR) is 75.1 cm³/mol. The molecular formula is C15H13F5N2O2. The molecule has 130 valence electrons. The Bertz CT molecular complexity index is 665. The molecule has 4 nitrogen and oxygen atoms in total. The van der Waals surface area contributed by atoms with Crippen molar-refractivity contribution < 1.29 is 31.9 Å². The lowest BCUT2D eigenvalue weighted by atomic mass is 9.91. The van der Waals surface area contributed by atoms with Gasteiger partial charge in [0, 0.05) is 31.5 Å². The summed E-state index contributed by atoms with van der Waals surface area (Å²) < 4.78 is 65.6. The summed E-state index contributed by atoms with van der Waals surface area (Å²) in [4.78, 5) is 12.9. The quantitative estimate of drug-likeness (QED) is 0.606. The number of carbonyl (C=O) groups excluding carboxylic acids is 1. The number of hydrogen-bond acceptors (Lipinski definition) is 2. The number of nitrogens with one attached hydrogen (secondary N) is 1. The number of piperidine rings is 1. The molecule has 2 amide bonds. The molecule has 9 heteroatoms. The fourth-order valence-electron chi connectivity index (χ4n) is 2.33. The van der Waals surface area contributed by atoms with E-state index in [9.17, 15) is 31.9 Å². The van der Waals surface area contributed by atoms with Crippen LogP contribution in [0.1, 0.15) is 18.4 Å². The van der Waals surface area contributed by atoms with Crippen LogP contribution in [0.2, 0.25) is 0 Å². The highest BCUT2D eigenvalue weighted by Gasteiger charge is 2.54. The Morgan fingerprint density at radius 2 is 1.75 bits per heavy atom. The molecule has 0 bridgehead atoms. The van der Waals surface area contributed by atoms with E-state index in [-0.39, 0.29) is 5.56 Å². The summed E-state index contributed by atoms with van der Waals surface area (Å²) >= 11 is 0. The molecule has 24 heavy (non-hydrogen) atoms. The highest BCUT2D eigenvalue weighted by molar-refractivity contribution is 5.89. The Labute approximate surface area is 134 Å². The van der Waals surface area contributed by atoms with Crippen LogP contribution in [0.5, 0.6) is 0 Å². The van der Waals surface area contributed by atoms with Gasteiger partial charge in [-0.25, -0.2) is 13.6 Å². The van der Waals surface area contributed by atoms with E-state index in [1.165, 1.54) is 0 Å². The lowest BCUT2D eigenvalue weighted by molar-refractivity contribution is -0.271. The first-order valence-corrected chi connectivity index (χ1v) is 6.88. The molecule has 0 aliphatic carbocycles. The largest absolute Gasteiger partial charge is 0.417 e. The first-order chi connectivity index (χ1) is 11.1. The van der Waals surface area contributed by atoms with Crippen molar-refractivity contribution in [3.8, 4) is 12.3 Å². The number of halogens is 5. The zero-order valence-corrected chi connectivity index (χ0v) is 12.3. The van der Waals surface area contributed by atoms with Crippen molar-refractivity contribution >= 4 is 11.7 Å². The summed E-state index contributed by atoms with van der Waals surface area (Å²) in [6, 6.07) is 0.722. The van der Waals surface area contributed by atoms with Gasteiger partial charge in [-0.15, -0.1) is 6.42 Å². The Morgan fingerprint density at radius 3 is 2.17 bits per heavy atom. The number of carbonyl (C=O) groups is 1. The van der Waals surface area contributed by atoms with Gasteiger partial charge in [0.2, 0.25) is 0 Å². The number of terminal acetylenes is 1. The van der Waals surface area contributed by atoms with Crippen LogP contribution in [0.4, 0.5) is 32.4 Å². The zero-order valence-electron chi connectivity index (χ0n) is 12.3. The molecule has 1 aromatic carbocycles. The number of likely N-dealkylation sites (tertiary alicyclic amines) is 1. The van der Waals surface area contributed by atoms with E-state index in [1.54, 1.807) is 0 Å². The smallest absolute Gasteiger partial charge is 0.380 e. The Kier molecular flexibility index (Phi) is 4.71. The van der Waals surface area contributed by atoms with Crippen LogP contribution in [0.3, 0.4) is 0 Å². The van der Waals surface area contributed by atoms with Gasteiger partial charge in [-0.2, -0.15) is 13.2 Å². The van der Waals surface area contributed by atoms with E-state index in [1.807, 2.05) is 11.2 Å². The average Bonchev–Trinajstić information content (AvgIpc) is 2.50. The number of hydrogen-bond donors (Lipinski definition) is 2. The molecule has 1 aliphatic rings.